The number of hydrogen-bond donors (Lipinski definition) is 0. The van der Waals surface area contributed by atoms with Crippen LogP contribution in [0.5, 0.6) is 5.75 Å². The maximum Gasteiger partial charge on any atom is 0.338 e. The molecule has 4 rings (SSSR count). The molecule has 3 aromatic rings. The molecule has 0 amide bonds. The lowest BCUT2D eigenvalue weighted by Gasteiger charge is -2.27. The largest absolute Gasteiger partial charge is 0.491 e. The van der Waals surface area contributed by atoms with E-state index in [-0.39, 0.29) is 37.1 Å². The smallest absolute Gasteiger partial charge is 0.338 e. The molecule has 0 saturated heterocycles. The van der Waals surface area contributed by atoms with Gasteiger partial charge in [-0.3, -0.25) is 9.36 Å². The summed E-state index contributed by atoms with van der Waals surface area (Å²) in [5.74, 6) is -0.425. The lowest BCUT2D eigenvalue weighted by Crippen LogP contribution is -2.40. The van der Waals surface area contributed by atoms with Gasteiger partial charge in [-0.25, -0.2) is 14.6 Å². The summed E-state index contributed by atoms with van der Waals surface area (Å²) in [7, 11) is 1.52. The average molecular weight is 565 g/mol. The van der Waals surface area contributed by atoms with Crippen LogP contribution in [-0.2, 0) is 19.0 Å². The van der Waals surface area contributed by atoms with Gasteiger partial charge in [-0.05, 0) is 57.5 Å². The highest BCUT2D eigenvalue weighted by Gasteiger charge is 2.35. The van der Waals surface area contributed by atoms with Crippen LogP contribution >= 0.6 is 11.3 Å². The van der Waals surface area contributed by atoms with Crippen molar-refractivity contribution < 1.29 is 28.5 Å². The number of carbonyl (C=O) groups excluding carboxylic acids is 2. The van der Waals surface area contributed by atoms with Crippen molar-refractivity contribution in [3.63, 3.8) is 0 Å². The minimum absolute atomic E-state index is 0.0647. The Morgan fingerprint density at radius 2 is 1.77 bits per heavy atom. The molecule has 40 heavy (non-hydrogen) atoms. The molecule has 0 unspecified atom stereocenters. The van der Waals surface area contributed by atoms with Crippen LogP contribution in [0.3, 0.4) is 0 Å². The fourth-order valence-electron chi connectivity index (χ4n) is 4.32. The number of allylic oxidation sites excluding steroid dienone is 1. The Hall–Kier alpha value is -4.02. The molecule has 10 heteroatoms. The highest BCUT2D eigenvalue weighted by Crippen LogP contribution is 2.36. The lowest BCUT2D eigenvalue weighted by atomic mass is 9.95. The summed E-state index contributed by atoms with van der Waals surface area (Å²) in [4.78, 5) is 44.4. The number of thiazole rings is 1. The maximum absolute atomic E-state index is 13.9. The number of benzene rings is 2. The number of esters is 2. The van der Waals surface area contributed by atoms with Crippen LogP contribution in [0.25, 0.3) is 6.08 Å². The highest BCUT2D eigenvalue weighted by molar-refractivity contribution is 7.07. The SMILES string of the molecule is CCOC(=O)c1ccc(/C=c2/sc3n(c2=O)[C@H](c2ccccc2OC(C)C)C(C(=O)OCCOC)=C(C)N=3)cc1. The summed E-state index contributed by atoms with van der Waals surface area (Å²) >= 11 is 1.22. The van der Waals surface area contributed by atoms with E-state index in [1.807, 2.05) is 38.1 Å². The molecule has 9 nitrogen and oxygen atoms in total. The molecule has 2 heterocycles. The highest BCUT2D eigenvalue weighted by atomic mass is 32.1. The third-order valence-corrected chi connectivity index (χ3v) is 7.04. The normalized spacial score (nSPS) is 15.1. The van der Waals surface area contributed by atoms with E-state index in [2.05, 4.69) is 4.99 Å². The Morgan fingerprint density at radius 1 is 1.05 bits per heavy atom. The molecule has 0 radical (unpaired) electrons. The Balaban J connectivity index is 1.85. The number of methoxy groups -OCH3 is 1. The molecule has 0 fully saturated rings. The lowest BCUT2D eigenvalue weighted by molar-refractivity contribution is -0.140. The maximum atomic E-state index is 13.9. The monoisotopic (exact) mass is 564 g/mol. The zero-order chi connectivity index (χ0) is 28.8. The van der Waals surface area contributed by atoms with E-state index >= 15 is 0 Å². The van der Waals surface area contributed by atoms with E-state index in [1.54, 1.807) is 44.2 Å². The van der Waals surface area contributed by atoms with Crippen molar-refractivity contribution in [2.45, 2.75) is 39.8 Å². The molecule has 210 valence electrons. The van der Waals surface area contributed by atoms with Gasteiger partial charge in [0.25, 0.3) is 5.56 Å². The Kier molecular flexibility index (Phi) is 9.34. The average Bonchev–Trinajstić information content (AvgIpc) is 3.22. The first kappa shape index (κ1) is 29.0. The van der Waals surface area contributed by atoms with Crippen LogP contribution < -0.4 is 19.6 Å². The number of hydrogen-bond acceptors (Lipinski definition) is 9. The van der Waals surface area contributed by atoms with Crippen LogP contribution in [0.1, 0.15) is 55.2 Å². The van der Waals surface area contributed by atoms with Gasteiger partial charge in [0, 0.05) is 12.7 Å². The van der Waals surface area contributed by atoms with Crippen molar-refractivity contribution in [3.05, 3.63) is 96.2 Å². The van der Waals surface area contributed by atoms with E-state index in [0.717, 1.165) is 5.56 Å². The van der Waals surface area contributed by atoms with Gasteiger partial charge in [0.2, 0.25) is 0 Å². The van der Waals surface area contributed by atoms with Gasteiger partial charge in [0.05, 0.1) is 40.7 Å². The molecule has 2 aromatic carbocycles. The molecule has 0 bridgehead atoms. The van der Waals surface area contributed by atoms with E-state index < -0.39 is 18.0 Å². The van der Waals surface area contributed by atoms with Gasteiger partial charge in [-0.2, -0.15) is 0 Å². The van der Waals surface area contributed by atoms with E-state index in [0.29, 0.717) is 31.9 Å². The Morgan fingerprint density at radius 3 is 2.45 bits per heavy atom. The summed E-state index contributed by atoms with van der Waals surface area (Å²) in [6.45, 7) is 7.90. The quantitative estimate of drug-likeness (QED) is 0.275. The molecule has 0 spiro atoms. The first-order chi connectivity index (χ1) is 19.2. The van der Waals surface area contributed by atoms with E-state index in [4.69, 9.17) is 18.9 Å². The molecule has 1 aliphatic heterocycles. The first-order valence-electron chi connectivity index (χ1n) is 13.0. The fourth-order valence-corrected chi connectivity index (χ4v) is 5.37. The first-order valence-corrected chi connectivity index (χ1v) is 13.8. The van der Waals surface area contributed by atoms with E-state index in [9.17, 15) is 14.4 Å². The standard InChI is InChI=1S/C30H32N2O7S/c1-6-37-28(34)21-13-11-20(12-14-21)17-24-27(33)32-26(22-9-7-8-10-23(22)39-18(2)3)25(19(4)31-30(32)40-24)29(35)38-16-15-36-5/h7-14,17-18,26H,6,15-16H2,1-5H3/b24-17+/t26-/m1/s1. The number of carbonyl (C=O) groups is 2. The van der Waals surface area contributed by atoms with Gasteiger partial charge in [0.15, 0.2) is 4.80 Å². The molecule has 0 N–H and O–H groups in total. The minimum atomic E-state index is -0.811. The molecule has 0 aliphatic carbocycles. The molecular formula is C30H32N2O7S. The van der Waals surface area contributed by atoms with Crippen molar-refractivity contribution in [3.8, 4) is 5.75 Å². The van der Waals surface area contributed by atoms with Crippen LogP contribution in [0.15, 0.2) is 69.6 Å². The topological polar surface area (TPSA) is 105 Å². The van der Waals surface area contributed by atoms with Crippen molar-refractivity contribution in [1.82, 2.24) is 4.57 Å². The second kappa shape index (κ2) is 12.9. The minimum Gasteiger partial charge on any atom is -0.491 e. The molecule has 1 aromatic heterocycles. The zero-order valence-electron chi connectivity index (χ0n) is 23.1. The summed E-state index contributed by atoms with van der Waals surface area (Å²) in [5, 5.41) is 0. The molecule has 1 aliphatic rings. The number of rotatable bonds is 10. The predicted octanol–water partition coefficient (Wildman–Crippen LogP) is 3.39. The van der Waals surface area contributed by atoms with Crippen molar-refractivity contribution >= 4 is 29.4 Å². The zero-order valence-corrected chi connectivity index (χ0v) is 23.9. The van der Waals surface area contributed by atoms with Gasteiger partial charge in [0.1, 0.15) is 18.4 Å². The number of ether oxygens (including phenoxy) is 4. The van der Waals surface area contributed by atoms with Gasteiger partial charge in [-0.15, -0.1) is 0 Å². The fraction of sp³-hybridized carbons (Fsp3) is 0.333. The summed E-state index contributed by atoms with van der Waals surface area (Å²) in [6, 6.07) is 13.3. The number of fused-ring (bicyclic) bond motifs is 1. The summed E-state index contributed by atoms with van der Waals surface area (Å²) < 4.78 is 23.6. The predicted molar refractivity (Wildman–Crippen MR) is 151 cm³/mol. The van der Waals surface area contributed by atoms with Crippen LogP contribution in [0.2, 0.25) is 0 Å². The third-order valence-electron chi connectivity index (χ3n) is 6.06. The van der Waals surface area contributed by atoms with E-state index in [1.165, 1.54) is 23.0 Å². The molecular weight excluding hydrogens is 532 g/mol. The second-order valence-electron chi connectivity index (χ2n) is 9.26. The number of aromatic nitrogens is 1. The second-order valence-corrected chi connectivity index (χ2v) is 10.3. The van der Waals surface area contributed by atoms with Crippen molar-refractivity contribution in [2.75, 3.05) is 26.9 Å². The van der Waals surface area contributed by atoms with Crippen LogP contribution in [0.4, 0.5) is 0 Å². The Labute approximate surface area is 236 Å². The summed E-state index contributed by atoms with van der Waals surface area (Å²) in [6.07, 6.45) is 1.61. The van der Waals surface area contributed by atoms with Gasteiger partial charge < -0.3 is 18.9 Å². The van der Waals surface area contributed by atoms with Crippen molar-refractivity contribution in [1.29, 1.82) is 0 Å². The number of para-hydroxylation sites is 1. The van der Waals surface area contributed by atoms with Crippen LogP contribution in [-0.4, -0.2) is 49.5 Å². The molecule has 0 saturated carbocycles. The van der Waals surface area contributed by atoms with Crippen molar-refractivity contribution in [2.24, 2.45) is 4.99 Å². The van der Waals surface area contributed by atoms with Gasteiger partial charge >= 0.3 is 11.9 Å². The Bertz CT molecular complexity index is 1600. The third kappa shape index (κ3) is 6.24. The van der Waals surface area contributed by atoms with Crippen LogP contribution in [0, 0.1) is 0 Å². The van der Waals surface area contributed by atoms with Gasteiger partial charge in [-0.1, -0.05) is 41.7 Å². The molecule has 1 atom stereocenters. The number of nitrogens with zero attached hydrogens (tertiary/aromatic N) is 2. The summed E-state index contributed by atoms with van der Waals surface area (Å²) in [5.41, 5.74) is 2.21.